The standard InChI is InChI=1S/C16H23NO/c1-4-5-6-9-13-10-7-8-11-14(13)15-17-16(2,3)12-18-15/h7-8,10-11H,4-6,9,12H2,1-3H3. The lowest BCUT2D eigenvalue weighted by Crippen LogP contribution is -2.17. The molecule has 0 saturated carbocycles. The molecule has 0 fully saturated rings. The van der Waals surface area contributed by atoms with Gasteiger partial charge in [0.15, 0.2) is 0 Å². The summed E-state index contributed by atoms with van der Waals surface area (Å²) in [6.45, 7) is 7.14. The van der Waals surface area contributed by atoms with Crippen LogP contribution in [0.2, 0.25) is 0 Å². The number of nitrogens with zero attached hydrogens (tertiary/aromatic N) is 1. The molecule has 1 heterocycles. The Kier molecular flexibility index (Phi) is 4.05. The zero-order valence-corrected chi connectivity index (χ0v) is 11.7. The summed E-state index contributed by atoms with van der Waals surface area (Å²) < 4.78 is 5.75. The van der Waals surface area contributed by atoms with Gasteiger partial charge in [0, 0.05) is 5.56 Å². The fraction of sp³-hybridized carbons (Fsp3) is 0.562. The van der Waals surface area contributed by atoms with E-state index in [0.717, 1.165) is 12.3 Å². The number of ether oxygens (including phenoxy) is 1. The molecule has 1 aliphatic rings. The molecule has 0 atom stereocenters. The summed E-state index contributed by atoms with van der Waals surface area (Å²) in [7, 11) is 0. The average Bonchev–Trinajstić information content (AvgIpc) is 2.71. The van der Waals surface area contributed by atoms with Crippen LogP contribution in [0.1, 0.15) is 51.2 Å². The molecule has 2 nitrogen and oxygen atoms in total. The summed E-state index contributed by atoms with van der Waals surface area (Å²) in [4.78, 5) is 4.67. The molecule has 0 unspecified atom stereocenters. The molecule has 1 aromatic rings. The first kappa shape index (κ1) is 13.1. The van der Waals surface area contributed by atoms with E-state index >= 15 is 0 Å². The van der Waals surface area contributed by atoms with Crippen molar-refractivity contribution in [2.24, 2.45) is 4.99 Å². The van der Waals surface area contributed by atoms with Crippen LogP contribution in [0.4, 0.5) is 0 Å². The van der Waals surface area contributed by atoms with E-state index in [4.69, 9.17) is 4.74 Å². The topological polar surface area (TPSA) is 21.6 Å². The number of aryl methyl sites for hydroxylation is 1. The minimum atomic E-state index is -0.0775. The van der Waals surface area contributed by atoms with E-state index in [1.165, 1.54) is 30.4 Å². The summed E-state index contributed by atoms with van der Waals surface area (Å²) in [5.74, 6) is 0.826. The maximum Gasteiger partial charge on any atom is 0.217 e. The van der Waals surface area contributed by atoms with Crippen LogP contribution in [0.3, 0.4) is 0 Å². The number of hydrogen-bond donors (Lipinski definition) is 0. The van der Waals surface area contributed by atoms with Crippen molar-refractivity contribution in [2.75, 3.05) is 6.61 Å². The van der Waals surface area contributed by atoms with Gasteiger partial charge in [0.1, 0.15) is 6.61 Å². The summed E-state index contributed by atoms with van der Waals surface area (Å²) >= 11 is 0. The molecule has 2 heteroatoms. The van der Waals surface area contributed by atoms with E-state index in [1.54, 1.807) is 0 Å². The Bertz CT molecular complexity index is 434. The molecule has 2 rings (SSSR count). The van der Waals surface area contributed by atoms with Gasteiger partial charge in [-0.3, -0.25) is 0 Å². The monoisotopic (exact) mass is 245 g/mol. The fourth-order valence-corrected chi connectivity index (χ4v) is 2.23. The molecule has 0 aromatic heterocycles. The molecule has 18 heavy (non-hydrogen) atoms. The van der Waals surface area contributed by atoms with Crippen LogP contribution in [-0.2, 0) is 11.2 Å². The Morgan fingerprint density at radius 2 is 2.00 bits per heavy atom. The van der Waals surface area contributed by atoms with Crippen LogP contribution in [0, 0.1) is 0 Å². The Hall–Kier alpha value is -1.31. The van der Waals surface area contributed by atoms with Gasteiger partial charge in [-0.05, 0) is 38.3 Å². The van der Waals surface area contributed by atoms with Crippen molar-refractivity contribution in [1.82, 2.24) is 0 Å². The number of rotatable bonds is 5. The largest absolute Gasteiger partial charge is 0.475 e. The lowest BCUT2D eigenvalue weighted by atomic mass is 10.0. The summed E-state index contributed by atoms with van der Waals surface area (Å²) in [6.07, 6.45) is 4.90. The second-order valence-corrected chi connectivity index (χ2v) is 5.63. The quantitative estimate of drug-likeness (QED) is 0.719. The molecule has 0 aliphatic carbocycles. The maximum atomic E-state index is 5.75. The van der Waals surface area contributed by atoms with Crippen molar-refractivity contribution < 1.29 is 4.74 Å². The lowest BCUT2D eigenvalue weighted by molar-refractivity contribution is 0.279. The highest BCUT2D eigenvalue weighted by atomic mass is 16.5. The van der Waals surface area contributed by atoms with Crippen LogP contribution >= 0.6 is 0 Å². The van der Waals surface area contributed by atoms with Crippen molar-refractivity contribution in [3.8, 4) is 0 Å². The first-order valence-electron chi connectivity index (χ1n) is 6.93. The van der Waals surface area contributed by atoms with Crippen LogP contribution in [0.25, 0.3) is 0 Å². The first-order chi connectivity index (χ1) is 8.62. The Labute approximate surface area is 110 Å². The van der Waals surface area contributed by atoms with Gasteiger partial charge in [-0.15, -0.1) is 0 Å². The van der Waals surface area contributed by atoms with Gasteiger partial charge in [0.2, 0.25) is 5.90 Å². The number of unbranched alkanes of at least 4 members (excludes halogenated alkanes) is 2. The van der Waals surface area contributed by atoms with E-state index in [1.807, 2.05) is 0 Å². The van der Waals surface area contributed by atoms with Gasteiger partial charge in [-0.25, -0.2) is 4.99 Å². The molecule has 0 spiro atoms. The number of aliphatic imine (C=N–C) groups is 1. The van der Waals surface area contributed by atoms with Crippen molar-refractivity contribution in [3.63, 3.8) is 0 Å². The van der Waals surface area contributed by atoms with Crippen molar-refractivity contribution >= 4 is 5.90 Å². The van der Waals surface area contributed by atoms with Crippen molar-refractivity contribution in [3.05, 3.63) is 35.4 Å². The van der Waals surface area contributed by atoms with Crippen LogP contribution in [-0.4, -0.2) is 18.0 Å². The van der Waals surface area contributed by atoms with Gasteiger partial charge in [-0.2, -0.15) is 0 Å². The van der Waals surface area contributed by atoms with Crippen LogP contribution in [0.15, 0.2) is 29.3 Å². The zero-order chi connectivity index (χ0) is 13.0. The highest BCUT2D eigenvalue weighted by Crippen LogP contribution is 2.23. The maximum absolute atomic E-state index is 5.75. The lowest BCUT2D eigenvalue weighted by Gasteiger charge is -2.08. The van der Waals surface area contributed by atoms with Gasteiger partial charge in [0.05, 0.1) is 5.54 Å². The van der Waals surface area contributed by atoms with Crippen molar-refractivity contribution in [2.45, 2.75) is 52.0 Å². The predicted octanol–water partition coefficient (Wildman–Crippen LogP) is 3.97. The SMILES string of the molecule is CCCCCc1ccccc1C1=NC(C)(C)CO1. The van der Waals surface area contributed by atoms with Gasteiger partial charge in [0.25, 0.3) is 0 Å². The first-order valence-corrected chi connectivity index (χ1v) is 6.93. The van der Waals surface area contributed by atoms with E-state index in [2.05, 4.69) is 50.0 Å². The Morgan fingerprint density at radius 1 is 1.22 bits per heavy atom. The third kappa shape index (κ3) is 3.12. The molecule has 0 N–H and O–H groups in total. The minimum Gasteiger partial charge on any atom is -0.475 e. The van der Waals surface area contributed by atoms with E-state index in [0.29, 0.717) is 6.61 Å². The molecule has 0 amide bonds. The van der Waals surface area contributed by atoms with E-state index in [-0.39, 0.29) is 5.54 Å². The number of benzene rings is 1. The Balaban J connectivity index is 2.18. The van der Waals surface area contributed by atoms with Gasteiger partial charge < -0.3 is 4.74 Å². The second-order valence-electron chi connectivity index (χ2n) is 5.63. The van der Waals surface area contributed by atoms with Crippen LogP contribution in [0.5, 0.6) is 0 Å². The third-order valence-corrected chi connectivity index (χ3v) is 3.26. The van der Waals surface area contributed by atoms with Crippen LogP contribution < -0.4 is 0 Å². The highest BCUT2D eigenvalue weighted by Gasteiger charge is 2.27. The smallest absolute Gasteiger partial charge is 0.217 e. The molecule has 98 valence electrons. The van der Waals surface area contributed by atoms with Gasteiger partial charge >= 0.3 is 0 Å². The minimum absolute atomic E-state index is 0.0775. The molecule has 0 saturated heterocycles. The van der Waals surface area contributed by atoms with E-state index in [9.17, 15) is 0 Å². The average molecular weight is 245 g/mol. The van der Waals surface area contributed by atoms with Gasteiger partial charge in [-0.1, -0.05) is 38.0 Å². The molecule has 1 aliphatic heterocycles. The zero-order valence-electron chi connectivity index (χ0n) is 11.7. The third-order valence-electron chi connectivity index (χ3n) is 3.26. The molecular weight excluding hydrogens is 222 g/mol. The molecule has 0 radical (unpaired) electrons. The summed E-state index contributed by atoms with van der Waals surface area (Å²) in [5.41, 5.74) is 2.47. The summed E-state index contributed by atoms with van der Waals surface area (Å²) in [5, 5.41) is 0. The normalized spacial score (nSPS) is 17.4. The Morgan fingerprint density at radius 3 is 2.67 bits per heavy atom. The molecular formula is C16H23NO. The summed E-state index contributed by atoms with van der Waals surface area (Å²) in [6, 6.07) is 8.49. The van der Waals surface area contributed by atoms with E-state index < -0.39 is 0 Å². The number of hydrogen-bond acceptors (Lipinski definition) is 2. The predicted molar refractivity (Wildman–Crippen MR) is 76.2 cm³/mol. The highest BCUT2D eigenvalue weighted by molar-refractivity contribution is 5.96. The van der Waals surface area contributed by atoms with Crippen molar-refractivity contribution in [1.29, 1.82) is 0 Å². The fourth-order valence-electron chi connectivity index (χ4n) is 2.23. The second kappa shape index (κ2) is 5.55. The molecule has 1 aromatic carbocycles. The molecule has 0 bridgehead atoms.